The minimum Gasteiger partial charge on any atom is -0.497 e. The Bertz CT molecular complexity index is 1050. The lowest BCUT2D eigenvalue weighted by Crippen LogP contribution is -2.04. The zero-order valence-corrected chi connectivity index (χ0v) is 12.4. The largest absolute Gasteiger partial charge is 0.497 e. The summed E-state index contributed by atoms with van der Waals surface area (Å²) in [5.41, 5.74) is 1.91. The van der Waals surface area contributed by atoms with E-state index in [9.17, 15) is 4.79 Å². The molecule has 0 atom stereocenters. The van der Waals surface area contributed by atoms with Gasteiger partial charge in [-0.3, -0.25) is 4.79 Å². The van der Waals surface area contributed by atoms with Crippen LogP contribution in [-0.4, -0.2) is 22.1 Å². The molecule has 0 N–H and O–H groups in total. The van der Waals surface area contributed by atoms with Crippen LogP contribution in [0.5, 0.6) is 5.75 Å². The molecule has 6 nitrogen and oxygen atoms in total. The van der Waals surface area contributed by atoms with E-state index in [4.69, 9.17) is 9.15 Å². The molecule has 0 aliphatic carbocycles. The van der Waals surface area contributed by atoms with Crippen molar-refractivity contribution in [1.29, 1.82) is 0 Å². The van der Waals surface area contributed by atoms with Gasteiger partial charge in [-0.05, 0) is 17.7 Å². The van der Waals surface area contributed by atoms with Gasteiger partial charge in [-0.2, -0.15) is 0 Å². The Hall–Kier alpha value is -3.15. The van der Waals surface area contributed by atoms with Crippen LogP contribution in [-0.2, 0) is 6.54 Å². The predicted octanol–water partition coefficient (Wildman–Crippen LogP) is 2.59. The van der Waals surface area contributed by atoms with Crippen LogP contribution in [0.3, 0.4) is 0 Å². The molecule has 0 saturated carbocycles. The normalized spacial score (nSPS) is 11.2. The number of hydrogen-bond acceptors (Lipinski definition) is 5. The van der Waals surface area contributed by atoms with Gasteiger partial charge in [0, 0.05) is 6.07 Å². The summed E-state index contributed by atoms with van der Waals surface area (Å²) in [6.45, 7) is 0.482. The average molecular weight is 307 g/mol. The second-order valence-electron chi connectivity index (χ2n) is 5.18. The molecule has 2 heterocycles. The molecule has 2 aromatic carbocycles. The summed E-state index contributed by atoms with van der Waals surface area (Å²) >= 11 is 0. The van der Waals surface area contributed by atoms with Gasteiger partial charge in [0.05, 0.1) is 19.0 Å². The smallest absolute Gasteiger partial charge is 0.250 e. The fourth-order valence-corrected chi connectivity index (χ4v) is 2.54. The van der Waals surface area contributed by atoms with Gasteiger partial charge >= 0.3 is 0 Å². The highest BCUT2D eigenvalue weighted by Gasteiger charge is 2.15. The molecule has 4 rings (SSSR count). The van der Waals surface area contributed by atoms with E-state index in [2.05, 4.69) is 10.3 Å². The maximum atomic E-state index is 12.5. The topological polar surface area (TPSA) is 70.2 Å². The number of aromatic nitrogens is 3. The summed E-state index contributed by atoms with van der Waals surface area (Å²) in [4.78, 5) is 12.5. The molecule has 0 amide bonds. The van der Waals surface area contributed by atoms with Crippen LogP contribution in [0.1, 0.15) is 5.56 Å². The first-order chi connectivity index (χ1) is 11.3. The average Bonchev–Trinajstić information content (AvgIpc) is 2.98. The second-order valence-corrected chi connectivity index (χ2v) is 5.18. The third-order valence-electron chi connectivity index (χ3n) is 3.72. The van der Waals surface area contributed by atoms with Gasteiger partial charge in [0.15, 0.2) is 5.52 Å². The first-order valence-corrected chi connectivity index (χ1v) is 7.14. The number of nitrogens with zero attached hydrogens (tertiary/aromatic N) is 3. The van der Waals surface area contributed by atoms with Gasteiger partial charge in [0.1, 0.15) is 11.3 Å². The molecule has 4 aromatic rings. The van der Waals surface area contributed by atoms with Crippen molar-refractivity contribution in [2.45, 2.75) is 6.54 Å². The van der Waals surface area contributed by atoms with Crippen molar-refractivity contribution in [2.75, 3.05) is 7.11 Å². The molecule has 0 bridgehead atoms. The summed E-state index contributed by atoms with van der Waals surface area (Å²) in [6, 6.07) is 14.9. The lowest BCUT2D eigenvalue weighted by molar-refractivity contribution is 0.414. The van der Waals surface area contributed by atoms with Gasteiger partial charge in [0.2, 0.25) is 11.1 Å². The summed E-state index contributed by atoms with van der Waals surface area (Å²) < 4.78 is 12.6. The maximum absolute atomic E-state index is 12.5. The fraction of sp³-hybridized carbons (Fsp3) is 0.118. The van der Waals surface area contributed by atoms with Crippen LogP contribution >= 0.6 is 0 Å². The van der Waals surface area contributed by atoms with Crippen molar-refractivity contribution < 1.29 is 9.15 Å². The minimum atomic E-state index is -0.191. The molecule has 0 radical (unpaired) electrons. The Morgan fingerprint density at radius 2 is 2.00 bits per heavy atom. The number of fused-ring (bicyclic) bond motifs is 2. The summed E-state index contributed by atoms with van der Waals surface area (Å²) in [5, 5.41) is 8.50. The molecule has 2 aromatic heterocycles. The summed E-state index contributed by atoms with van der Waals surface area (Å²) in [7, 11) is 1.57. The zero-order valence-electron chi connectivity index (χ0n) is 12.4. The lowest BCUT2D eigenvalue weighted by Gasteiger charge is -2.04. The van der Waals surface area contributed by atoms with Crippen LogP contribution < -0.4 is 10.2 Å². The van der Waals surface area contributed by atoms with E-state index >= 15 is 0 Å². The molecule has 23 heavy (non-hydrogen) atoms. The number of rotatable bonds is 3. The van der Waals surface area contributed by atoms with Crippen molar-refractivity contribution in [3.63, 3.8) is 0 Å². The minimum absolute atomic E-state index is 0.191. The Labute approximate surface area is 130 Å². The molecule has 0 aliphatic heterocycles. The van der Waals surface area contributed by atoms with Crippen molar-refractivity contribution >= 4 is 22.2 Å². The molecule has 0 aliphatic rings. The van der Waals surface area contributed by atoms with E-state index < -0.39 is 0 Å². The van der Waals surface area contributed by atoms with Gasteiger partial charge in [-0.25, -0.2) is 4.68 Å². The predicted molar refractivity (Wildman–Crippen MR) is 85.7 cm³/mol. The van der Waals surface area contributed by atoms with E-state index in [0.717, 1.165) is 5.56 Å². The molecular weight excluding hydrogens is 294 g/mol. The Balaban J connectivity index is 1.92. The number of ether oxygens (including phenoxy) is 1. The quantitative estimate of drug-likeness (QED) is 0.582. The van der Waals surface area contributed by atoms with Crippen LogP contribution in [0.25, 0.3) is 22.2 Å². The summed E-state index contributed by atoms with van der Waals surface area (Å²) in [5.74, 6) is 0.627. The first-order valence-electron chi connectivity index (χ1n) is 7.14. The monoisotopic (exact) mass is 307 g/mol. The highest BCUT2D eigenvalue weighted by atomic mass is 16.5. The molecule has 6 heteroatoms. The van der Waals surface area contributed by atoms with Crippen molar-refractivity contribution in [3.8, 4) is 5.75 Å². The highest BCUT2D eigenvalue weighted by Crippen LogP contribution is 2.22. The van der Waals surface area contributed by atoms with Crippen molar-refractivity contribution in [1.82, 2.24) is 15.0 Å². The second kappa shape index (κ2) is 5.24. The van der Waals surface area contributed by atoms with Crippen LogP contribution in [0.15, 0.2) is 57.7 Å². The van der Waals surface area contributed by atoms with E-state index in [-0.39, 0.29) is 10.9 Å². The van der Waals surface area contributed by atoms with E-state index in [0.29, 0.717) is 29.0 Å². The first kappa shape index (κ1) is 13.5. The van der Waals surface area contributed by atoms with Gasteiger partial charge in [-0.15, -0.1) is 5.10 Å². The Morgan fingerprint density at radius 3 is 2.78 bits per heavy atom. The van der Waals surface area contributed by atoms with Crippen molar-refractivity contribution in [2.24, 2.45) is 0 Å². The highest BCUT2D eigenvalue weighted by molar-refractivity contribution is 5.86. The molecule has 0 unspecified atom stereocenters. The Morgan fingerprint density at radius 1 is 1.17 bits per heavy atom. The molecule has 0 saturated heterocycles. The van der Waals surface area contributed by atoms with Crippen LogP contribution in [0.4, 0.5) is 0 Å². The van der Waals surface area contributed by atoms with Crippen LogP contribution in [0, 0.1) is 0 Å². The number of benzene rings is 2. The number of hydrogen-bond donors (Lipinski definition) is 0. The fourth-order valence-electron chi connectivity index (χ4n) is 2.54. The van der Waals surface area contributed by atoms with Gasteiger partial charge in [-0.1, -0.05) is 35.5 Å². The molecule has 0 fully saturated rings. The van der Waals surface area contributed by atoms with Gasteiger partial charge in [0.25, 0.3) is 0 Å². The standard InChI is InChI=1S/C17H13N3O3/c1-22-12-7-8-13-14(9-12)23-17-15(16(13)21)18-19-20(17)10-11-5-3-2-4-6-11/h2-9H,10H2,1H3. The number of methoxy groups -OCH3 is 1. The SMILES string of the molecule is COc1ccc2c(=O)c3nnn(Cc4ccccc4)c3oc2c1. The molecule has 0 spiro atoms. The van der Waals surface area contributed by atoms with Gasteiger partial charge < -0.3 is 9.15 Å². The van der Waals surface area contributed by atoms with E-state index in [1.807, 2.05) is 30.3 Å². The Kier molecular flexibility index (Phi) is 3.08. The summed E-state index contributed by atoms with van der Waals surface area (Å²) in [6.07, 6.45) is 0. The van der Waals surface area contributed by atoms with E-state index in [1.54, 1.807) is 30.0 Å². The third kappa shape index (κ3) is 2.24. The maximum Gasteiger partial charge on any atom is 0.250 e. The molecular formula is C17H13N3O3. The third-order valence-corrected chi connectivity index (χ3v) is 3.72. The molecule has 114 valence electrons. The zero-order chi connectivity index (χ0) is 15.8. The van der Waals surface area contributed by atoms with E-state index in [1.165, 1.54) is 0 Å². The lowest BCUT2D eigenvalue weighted by atomic mass is 10.2. The van der Waals surface area contributed by atoms with Crippen molar-refractivity contribution in [3.05, 3.63) is 64.3 Å². The van der Waals surface area contributed by atoms with Crippen LogP contribution in [0.2, 0.25) is 0 Å².